The normalized spacial score (nSPS) is 21.4. The van der Waals surface area contributed by atoms with Gasteiger partial charge in [-0.15, -0.1) is 0 Å². The van der Waals surface area contributed by atoms with Crippen LogP contribution < -0.4 is 5.32 Å². The zero-order valence-corrected chi connectivity index (χ0v) is 13.4. The topological polar surface area (TPSA) is 15.3 Å². The second-order valence-corrected chi connectivity index (χ2v) is 6.33. The summed E-state index contributed by atoms with van der Waals surface area (Å²) >= 11 is 0. The monoisotopic (exact) mass is 292 g/mol. The van der Waals surface area contributed by atoms with Gasteiger partial charge >= 0.3 is 0 Å². The van der Waals surface area contributed by atoms with E-state index in [1.807, 2.05) is 6.07 Å². The SMILES string of the molecule is CCCN1CCCC(C(C)NCCc2cccc(F)c2)C1. The van der Waals surface area contributed by atoms with Gasteiger partial charge in [-0.25, -0.2) is 4.39 Å². The third-order valence-electron chi connectivity index (χ3n) is 4.56. The number of piperidine rings is 1. The molecule has 1 aliphatic heterocycles. The van der Waals surface area contributed by atoms with Crippen molar-refractivity contribution in [2.45, 2.75) is 45.6 Å². The minimum absolute atomic E-state index is 0.136. The van der Waals surface area contributed by atoms with Crippen LogP contribution >= 0.6 is 0 Å². The number of benzene rings is 1. The van der Waals surface area contributed by atoms with Crippen LogP contribution in [-0.4, -0.2) is 37.1 Å². The molecule has 1 fully saturated rings. The smallest absolute Gasteiger partial charge is 0.123 e. The molecule has 0 amide bonds. The molecule has 2 nitrogen and oxygen atoms in total. The molecule has 1 aromatic rings. The Hall–Kier alpha value is -0.930. The molecule has 2 unspecified atom stereocenters. The first-order valence-corrected chi connectivity index (χ1v) is 8.39. The largest absolute Gasteiger partial charge is 0.314 e. The van der Waals surface area contributed by atoms with Crippen molar-refractivity contribution in [1.29, 1.82) is 0 Å². The summed E-state index contributed by atoms with van der Waals surface area (Å²) < 4.78 is 13.1. The Bertz CT molecular complexity index is 419. The molecule has 0 aliphatic carbocycles. The predicted molar refractivity (Wildman–Crippen MR) is 87.0 cm³/mol. The number of rotatable bonds is 7. The lowest BCUT2D eigenvalue weighted by molar-refractivity contribution is 0.151. The van der Waals surface area contributed by atoms with Crippen molar-refractivity contribution < 1.29 is 4.39 Å². The van der Waals surface area contributed by atoms with E-state index in [0.29, 0.717) is 6.04 Å². The van der Waals surface area contributed by atoms with Gasteiger partial charge in [-0.05, 0) is 75.9 Å². The van der Waals surface area contributed by atoms with Crippen LogP contribution in [0.3, 0.4) is 0 Å². The summed E-state index contributed by atoms with van der Waals surface area (Å²) in [6, 6.07) is 7.47. The number of hydrogen-bond acceptors (Lipinski definition) is 2. The highest BCUT2D eigenvalue weighted by Crippen LogP contribution is 2.19. The number of nitrogens with zero attached hydrogens (tertiary/aromatic N) is 1. The Labute approximate surface area is 128 Å². The highest BCUT2D eigenvalue weighted by molar-refractivity contribution is 5.16. The van der Waals surface area contributed by atoms with Gasteiger partial charge in [0.25, 0.3) is 0 Å². The van der Waals surface area contributed by atoms with Crippen molar-refractivity contribution in [2.75, 3.05) is 26.2 Å². The van der Waals surface area contributed by atoms with Gasteiger partial charge in [0.2, 0.25) is 0 Å². The van der Waals surface area contributed by atoms with Gasteiger partial charge in [0.1, 0.15) is 5.82 Å². The molecule has 21 heavy (non-hydrogen) atoms. The molecule has 2 atom stereocenters. The van der Waals surface area contributed by atoms with Gasteiger partial charge in [-0.3, -0.25) is 0 Å². The zero-order valence-electron chi connectivity index (χ0n) is 13.4. The standard InChI is InChI=1S/C18H29FN2/c1-3-11-21-12-5-7-17(14-21)15(2)20-10-9-16-6-4-8-18(19)13-16/h4,6,8,13,15,17,20H,3,5,7,9-12,14H2,1-2H3. The second kappa shape index (κ2) is 8.50. The maximum Gasteiger partial charge on any atom is 0.123 e. The molecule has 0 aromatic heterocycles. The summed E-state index contributed by atoms with van der Waals surface area (Å²) in [5, 5.41) is 3.63. The molecule has 0 saturated carbocycles. The Balaban J connectivity index is 1.72. The fraction of sp³-hybridized carbons (Fsp3) is 0.667. The van der Waals surface area contributed by atoms with E-state index in [4.69, 9.17) is 0 Å². The van der Waals surface area contributed by atoms with E-state index < -0.39 is 0 Å². The maximum atomic E-state index is 13.1. The van der Waals surface area contributed by atoms with Gasteiger partial charge in [0.15, 0.2) is 0 Å². The van der Waals surface area contributed by atoms with Gasteiger partial charge in [0, 0.05) is 12.6 Å². The second-order valence-electron chi connectivity index (χ2n) is 6.33. The molecule has 1 N–H and O–H groups in total. The van der Waals surface area contributed by atoms with E-state index in [2.05, 4.69) is 24.1 Å². The maximum absolute atomic E-state index is 13.1. The van der Waals surface area contributed by atoms with Crippen molar-refractivity contribution in [3.8, 4) is 0 Å². The minimum atomic E-state index is -0.136. The van der Waals surface area contributed by atoms with Crippen molar-refractivity contribution in [3.63, 3.8) is 0 Å². The number of hydrogen-bond donors (Lipinski definition) is 1. The highest BCUT2D eigenvalue weighted by Gasteiger charge is 2.23. The quantitative estimate of drug-likeness (QED) is 0.828. The molecule has 3 heteroatoms. The minimum Gasteiger partial charge on any atom is -0.314 e. The molecule has 118 valence electrons. The van der Waals surface area contributed by atoms with Crippen LogP contribution in [-0.2, 0) is 6.42 Å². The number of likely N-dealkylation sites (tertiary alicyclic amines) is 1. The lowest BCUT2D eigenvalue weighted by Gasteiger charge is -2.36. The fourth-order valence-corrected chi connectivity index (χ4v) is 3.32. The summed E-state index contributed by atoms with van der Waals surface area (Å²) in [5.41, 5.74) is 1.07. The summed E-state index contributed by atoms with van der Waals surface area (Å²) in [4.78, 5) is 2.60. The lowest BCUT2D eigenvalue weighted by atomic mass is 9.91. The number of halogens is 1. The average molecular weight is 292 g/mol. The van der Waals surface area contributed by atoms with Crippen molar-refractivity contribution in [3.05, 3.63) is 35.6 Å². The highest BCUT2D eigenvalue weighted by atomic mass is 19.1. The molecule has 1 saturated heterocycles. The average Bonchev–Trinajstić information content (AvgIpc) is 2.48. The van der Waals surface area contributed by atoms with Crippen LogP contribution in [0.2, 0.25) is 0 Å². The number of nitrogens with one attached hydrogen (secondary N) is 1. The summed E-state index contributed by atoms with van der Waals surface area (Å²) in [6.45, 7) is 9.19. The molecule has 0 radical (unpaired) electrons. The van der Waals surface area contributed by atoms with Crippen molar-refractivity contribution in [2.24, 2.45) is 5.92 Å². The molecule has 1 heterocycles. The molecule has 0 spiro atoms. The predicted octanol–water partition coefficient (Wildman–Crippen LogP) is 3.47. The molecule has 0 bridgehead atoms. The summed E-state index contributed by atoms with van der Waals surface area (Å²) in [7, 11) is 0. The van der Waals surface area contributed by atoms with Gasteiger partial charge in [-0.1, -0.05) is 19.1 Å². The molecule has 1 aromatic carbocycles. The van der Waals surface area contributed by atoms with Gasteiger partial charge in [0.05, 0.1) is 0 Å². The van der Waals surface area contributed by atoms with Crippen LogP contribution in [0, 0.1) is 11.7 Å². The molecular formula is C18H29FN2. The lowest BCUT2D eigenvalue weighted by Crippen LogP contribution is -2.45. The van der Waals surface area contributed by atoms with E-state index in [-0.39, 0.29) is 5.82 Å². The Kier molecular flexibility index (Phi) is 6.65. The third-order valence-corrected chi connectivity index (χ3v) is 4.56. The summed E-state index contributed by atoms with van der Waals surface area (Å²) in [6.07, 6.45) is 4.79. The molecule has 1 aliphatic rings. The van der Waals surface area contributed by atoms with E-state index in [0.717, 1.165) is 24.4 Å². The summed E-state index contributed by atoms with van der Waals surface area (Å²) in [5.74, 6) is 0.612. The first-order valence-electron chi connectivity index (χ1n) is 8.39. The van der Waals surface area contributed by atoms with Gasteiger partial charge in [-0.2, -0.15) is 0 Å². The Morgan fingerprint density at radius 3 is 3.05 bits per heavy atom. The van der Waals surface area contributed by atoms with E-state index >= 15 is 0 Å². The van der Waals surface area contributed by atoms with Crippen LogP contribution in [0.25, 0.3) is 0 Å². The molecular weight excluding hydrogens is 263 g/mol. The van der Waals surface area contributed by atoms with E-state index in [1.54, 1.807) is 12.1 Å². The third kappa shape index (κ3) is 5.40. The van der Waals surface area contributed by atoms with Crippen LogP contribution in [0.1, 0.15) is 38.7 Å². The van der Waals surface area contributed by atoms with Crippen LogP contribution in [0.15, 0.2) is 24.3 Å². The first-order chi connectivity index (χ1) is 10.2. The zero-order chi connectivity index (χ0) is 15.1. The Morgan fingerprint density at radius 1 is 1.43 bits per heavy atom. The van der Waals surface area contributed by atoms with Crippen LogP contribution in [0.5, 0.6) is 0 Å². The van der Waals surface area contributed by atoms with E-state index in [9.17, 15) is 4.39 Å². The van der Waals surface area contributed by atoms with Crippen molar-refractivity contribution in [1.82, 2.24) is 10.2 Å². The van der Waals surface area contributed by atoms with Crippen LogP contribution in [0.4, 0.5) is 4.39 Å². The van der Waals surface area contributed by atoms with E-state index in [1.165, 1.54) is 45.0 Å². The van der Waals surface area contributed by atoms with Gasteiger partial charge < -0.3 is 10.2 Å². The fourth-order valence-electron chi connectivity index (χ4n) is 3.32. The molecule has 2 rings (SSSR count). The van der Waals surface area contributed by atoms with Crippen molar-refractivity contribution >= 4 is 0 Å². The Morgan fingerprint density at radius 2 is 2.29 bits per heavy atom. The first kappa shape index (κ1) is 16.4.